The van der Waals surface area contributed by atoms with Gasteiger partial charge in [0.05, 0.1) is 12.3 Å². The molecule has 1 fully saturated rings. The number of benzene rings is 2. The normalized spacial score (nSPS) is 17.3. The summed E-state index contributed by atoms with van der Waals surface area (Å²) in [5.41, 5.74) is 2.25. The molecule has 0 aromatic heterocycles. The fourth-order valence-electron chi connectivity index (χ4n) is 3.24. The molecule has 1 N–H and O–H groups in total. The molecule has 3 rings (SSSR count). The number of nitrogens with one attached hydrogen (secondary N) is 1. The number of halogens is 1. The van der Waals surface area contributed by atoms with Crippen molar-refractivity contribution >= 4 is 51.7 Å². The molecule has 0 spiro atoms. The van der Waals surface area contributed by atoms with Crippen LogP contribution in [0.3, 0.4) is 0 Å². The van der Waals surface area contributed by atoms with Crippen LogP contribution in [0.25, 0.3) is 0 Å². The summed E-state index contributed by atoms with van der Waals surface area (Å²) in [6.07, 6.45) is 4.73. The summed E-state index contributed by atoms with van der Waals surface area (Å²) in [5, 5.41) is 3.41. The molecule has 2 aromatic rings. The van der Waals surface area contributed by atoms with Gasteiger partial charge in [-0.25, -0.2) is 4.99 Å². The lowest BCUT2D eigenvalue weighted by atomic mass is 10.2. The molecule has 2 aromatic carbocycles. The van der Waals surface area contributed by atoms with Crippen LogP contribution in [-0.2, 0) is 9.59 Å². The highest BCUT2D eigenvalue weighted by Gasteiger charge is 2.34. The van der Waals surface area contributed by atoms with E-state index in [4.69, 9.17) is 16.3 Å². The van der Waals surface area contributed by atoms with Crippen LogP contribution in [0.1, 0.15) is 44.6 Å². The van der Waals surface area contributed by atoms with Gasteiger partial charge in [-0.05, 0) is 55.3 Å². The van der Waals surface area contributed by atoms with Crippen molar-refractivity contribution < 1.29 is 14.3 Å². The van der Waals surface area contributed by atoms with Crippen LogP contribution >= 0.6 is 23.4 Å². The lowest BCUT2D eigenvalue weighted by Crippen LogP contribution is -2.43. The molecule has 33 heavy (non-hydrogen) atoms. The van der Waals surface area contributed by atoms with Gasteiger partial charge >= 0.3 is 0 Å². The quantitative estimate of drug-likeness (QED) is 0.427. The largest absolute Gasteiger partial charge is 0.494 e. The van der Waals surface area contributed by atoms with Crippen LogP contribution < -0.4 is 10.1 Å². The van der Waals surface area contributed by atoms with Crippen LogP contribution in [0, 0.1) is 6.92 Å². The number of aryl methyl sites for hydroxylation is 1. The molecule has 1 atom stereocenters. The molecule has 1 saturated heterocycles. The molecule has 176 valence electrons. The molecule has 0 radical (unpaired) electrons. The van der Waals surface area contributed by atoms with Gasteiger partial charge in [-0.3, -0.25) is 14.5 Å². The molecule has 0 unspecified atom stereocenters. The number of rotatable bonds is 9. The van der Waals surface area contributed by atoms with Crippen LogP contribution in [0.4, 0.5) is 11.4 Å². The van der Waals surface area contributed by atoms with Gasteiger partial charge in [0.15, 0.2) is 5.17 Å². The Bertz CT molecular complexity index is 1010. The Balaban J connectivity index is 1.60. The summed E-state index contributed by atoms with van der Waals surface area (Å²) < 4.78 is 5.75. The summed E-state index contributed by atoms with van der Waals surface area (Å²) in [7, 11) is 1.67. The zero-order chi connectivity index (χ0) is 23.8. The van der Waals surface area contributed by atoms with E-state index >= 15 is 0 Å². The summed E-state index contributed by atoms with van der Waals surface area (Å²) in [4.78, 5) is 31.4. The third kappa shape index (κ3) is 7.24. The Morgan fingerprint density at radius 3 is 2.67 bits per heavy atom. The predicted octanol–water partition coefficient (Wildman–Crippen LogP) is 6.20. The highest BCUT2D eigenvalue weighted by Crippen LogP contribution is 2.30. The van der Waals surface area contributed by atoms with Gasteiger partial charge in [-0.2, -0.15) is 0 Å². The van der Waals surface area contributed by atoms with Crippen molar-refractivity contribution in [2.45, 2.75) is 51.2 Å². The summed E-state index contributed by atoms with van der Waals surface area (Å²) >= 11 is 7.47. The Hall–Kier alpha value is -2.51. The van der Waals surface area contributed by atoms with E-state index in [1.165, 1.54) is 35.9 Å². The highest BCUT2D eigenvalue weighted by molar-refractivity contribution is 8.15. The summed E-state index contributed by atoms with van der Waals surface area (Å²) in [6.45, 7) is 4.78. The lowest BCUT2D eigenvalue weighted by molar-refractivity contribution is -0.128. The smallest absolute Gasteiger partial charge is 0.238 e. The maximum atomic E-state index is 12.9. The van der Waals surface area contributed by atoms with Gasteiger partial charge < -0.3 is 10.1 Å². The van der Waals surface area contributed by atoms with Gasteiger partial charge in [-0.15, -0.1) is 0 Å². The fourth-order valence-corrected chi connectivity index (χ4v) is 4.47. The van der Waals surface area contributed by atoms with E-state index in [0.717, 1.165) is 17.7 Å². The Morgan fingerprint density at radius 2 is 1.97 bits per heavy atom. The number of nitrogens with zero attached hydrogens (tertiary/aromatic N) is 2. The first kappa shape index (κ1) is 25.1. The van der Waals surface area contributed by atoms with Crippen molar-refractivity contribution in [1.82, 2.24) is 4.90 Å². The van der Waals surface area contributed by atoms with E-state index in [1.807, 2.05) is 43.3 Å². The average molecular weight is 488 g/mol. The molecule has 1 heterocycles. The molecule has 6 nitrogen and oxygen atoms in total. The first-order valence-corrected chi connectivity index (χ1v) is 12.4. The van der Waals surface area contributed by atoms with Crippen molar-refractivity contribution in [2.75, 3.05) is 19.0 Å². The van der Waals surface area contributed by atoms with E-state index < -0.39 is 5.25 Å². The number of unbranched alkanes of at least 4 members (excludes halogenated alkanes) is 3. The highest BCUT2D eigenvalue weighted by atomic mass is 35.5. The SMILES string of the molecule is CCCCCCOc1ccc(NC(=O)[C@@H]2CC(=O)N(C)C(=Nc3ccc(C)c(Cl)c3)S2)cc1. The second kappa shape index (κ2) is 12.1. The van der Waals surface area contributed by atoms with Crippen molar-refractivity contribution in [3.05, 3.63) is 53.1 Å². The minimum Gasteiger partial charge on any atom is -0.494 e. The molecule has 1 aliphatic rings. The minimum atomic E-state index is -0.567. The number of thioether (sulfide) groups is 1. The van der Waals surface area contributed by atoms with E-state index in [0.29, 0.717) is 28.2 Å². The van der Waals surface area contributed by atoms with Gasteiger partial charge in [-0.1, -0.05) is 55.6 Å². The summed E-state index contributed by atoms with van der Waals surface area (Å²) in [5.74, 6) is 0.390. The third-order valence-corrected chi connectivity index (χ3v) is 6.98. The summed E-state index contributed by atoms with van der Waals surface area (Å²) in [6, 6.07) is 12.8. The Morgan fingerprint density at radius 1 is 1.21 bits per heavy atom. The van der Waals surface area contributed by atoms with Crippen LogP contribution in [-0.4, -0.2) is 40.8 Å². The van der Waals surface area contributed by atoms with E-state index in [2.05, 4.69) is 17.2 Å². The molecular weight excluding hydrogens is 458 g/mol. The second-order valence-electron chi connectivity index (χ2n) is 8.01. The number of amidine groups is 1. The molecule has 1 aliphatic heterocycles. The second-order valence-corrected chi connectivity index (χ2v) is 9.59. The van der Waals surface area contributed by atoms with Crippen molar-refractivity contribution in [1.29, 1.82) is 0 Å². The number of hydrogen-bond acceptors (Lipinski definition) is 5. The van der Waals surface area contributed by atoms with E-state index in [9.17, 15) is 9.59 Å². The molecule has 8 heteroatoms. The van der Waals surface area contributed by atoms with Gasteiger partial charge in [0, 0.05) is 24.2 Å². The minimum absolute atomic E-state index is 0.111. The fraction of sp³-hybridized carbons (Fsp3) is 0.400. The van der Waals surface area contributed by atoms with E-state index in [-0.39, 0.29) is 18.2 Å². The van der Waals surface area contributed by atoms with Crippen LogP contribution in [0.2, 0.25) is 5.02 Å². The first-order chi connectivity index (χ1) is 15.9. The number of carbonyl (C=O) groups is 2. The van der Waals surface area contributed by atoms with Crippen molar-refractivity contribution in [3.63, 3.8) is 0 Å². The standard InChI is InChI=1S/C25H30ClN3O3S/c1-4-5-6-7-14-32-20-12-10-18(11-13-20)27-24(31)22-16-23(30)29(3)25(33-22)28-19-9-8-17(2)21(26)15-19/h8-13,15,22H,4-7,14,16H2,1-3H3,(H,27,31)/t22-/m0/s1. The zero-order valence-electron chi connectivity index (χ0n) is 19.3. The molecular formula is C25H30ClN3O3S. The van der Waals surface area contributed by atoms with Gasteiger partial charge in [0.2, 0.25) is 11.8 Å². The number of carbonyl (C=O) groups excluding carboxylic acids is 2. The maximum Gasteiger partial charge on any atom is 0.238 e. The number of amides is 2. The van der Waals surface area contributed by atoms with Gasteiger partial charge in [0.1, 0.15) is 11.0 Å². The van der Waals surface area contributed by atoms with Gasteiger partial charge in [0.25, 0.3) is 0 Å². The van der Waals surface area contributed by atoms with Crippen molar-refractivity contribution in [3.8, 4) is 5.75 Å². The Labute approximate surface area is 204 Å². The number of anilines is 1. The topological polar surface area (TPSA) is 71.0 Å². The monoisotopic (exact) mass is 487 g/mol. The number of ether oxygens (including phenoxy) is 1. The van der Waals surface area contributed by atoms with Crippen LogP contribution in [0.15, 0.2) is 47.5 Å². The van der Waals surface area contributed by atoms with E-state index in [1.54, 1.807) is 13.1 Å². The predicted molar refractivity (Wildman–Crippen MR) is 137 cm³/mol. The number of hydrogen-bond donors (Lipinski definition) is 1. The van der Waals surface area contributed by atoms with Crippen molar-refractivity contribution in [2.24, 2.45) is 4.99 Å². The first-order valence-electron chi connectivity index (χ1n) is 11.2. The number of aliphatic imine (C=N–C) groups is 1. The maximum absolute atomic E-state index is 12.9. The molecule has 0 aliphatic carbocycles. The third-order valence-electron chi connectivity index (χ3n) is 5.33. The molecule has 0 bridgehead atoms. The molecule has 2 amide bonds. The average Bonchev–Trinajstić information content (AvgIpc) is 2.80. The Kier molecular flexibility index (Phi) is 9.21. The lowest BCUT2D eigenvalue weighted by Gasteiger charge is -2.28. The van der Waals surface area contributed by atoms with Crippen LogP contribution in [0.5, 0.6) is 5.75 Å². The zero-order valence-corrected chi connectivity index (χ0v) is 20.8. The molecule has 0 saturated carbocycles.